The summed E-state index contributed by atoms with van der Waals surface area (Å²) in [5.41, 5.74) is -1.65. The molecule has 0 amide bonds. The van der Waals surface area contributed by atoms with Crippen LogP contribution in [0, 0.1) is 5.92 Å². The fourth-order valence-corrected chi connectivity index (χ4v) is 1.92. The minimum Gasteiger partial charge on any atom is -0.468 e. The highest BCUT2D eigenvalue weighted by Crippen LogP contribution is 2.34. The number of thioether (sulfide) groups is 1. The van der Waals surface area contributed by atoms with Crippen LogP contribution in [0.15, 0.2) is 23.1 Å². The maximum Gasteiger partial charge on any atom is 0.316 e. The van der Waals surface area contributed by atoms with E-state index in [1.54, 1.807) is 12.2 Å². The van der Waals surface area contributed by atoms with Crippen LogP contribution in [0.4, 0.5) is 4.39 Å². The third-order valence-corrected chi connectivity index (χ3v) is 2.90. The van der Waals surface area contributed by atoms with Crippen LogP contribution in [0.3, 0.4) is 0 Å². The van der Waals surface area contributed by atoms with Crippen LogP contribution in [-0.4, -0.2) is 25.0 Å². The molecule has 1 aliphatic rings. The zero-order chi connectivity index (χ0) is 10.8. The molecule has 0 saturated heterocycles. The van der Waals surface area contributed by atoms with Gasteiger partial charge in [-0.25, -0.2) is 4.39 Å². The van der Waals surface area contributed by atoms with Gasteiger partial charge in [-0.2, -0.15) is 0 Å². The summed E-state index contributed by atoms with van der Waals surface area (Å²) < 4.78 is 18.5. The van der Waals surface area contributed by atoms with Gasteiger partial charge in [0, 0.05) is 4.91 Å². The van der Waals surface area contributed by atoms with Crippen molar-refractivity contribution in [1.82, 2.24) is 0 Å². The van der Waals surface area contributed by atoms with E-state index in [1.807, 2.05) is 6.26 Å². The van der Waals surface area contributed by atoms with Crippen LogP contribution < -0.4 is 0 Å². The van der Waals surface area contributed by atoms with Gasteiger partial charge in [0.15, 0.2) is 0 Å². The molecule has 0 aromatic heterocycles. The summed E-state index contributed by atoms with van der Waals surface area (Å²) in [5, 5.41) is 0. The molecule has 1 rings (SSSR count). The second-order valence-electron chi connectivity index (χ2n) is 3.26. The third-order valence-electron chi connectivity index (χ3n) is 2.18. The van der Waals surface area contributed by atoms with Crippen LogP contribution in [0.25, 0.3) is 0 Å². The fourth-order valence-electron chi connectivity index (χ4n) is 1.36. The van der Waals surface area contributed by atoms with Crippen molar-refractivity contribution in [3.05, 3.63) is 23.1 Å². The minimum absolute atomic E-state index is 0.539. The standard InChI is InChI=1S/C10H13FO2S/c1-10(11)6-7(14-3)4-5-8(10)9(12)13-2/h4-6,8H,1-3H3. The lowest BCUT2D eigenvalue weighted by molar-refractivity contribution is -0.147. The quantitative estimate of drug-likeness (QED) is 0.663. The third kappa shape index (κ3) is 2.18. The lowest BCUT2D eigenvalue weighted by Gasteiger charge is -2.26. The molecule has 4 heteroatoms. The Kier molecular flexibility index (Phi) is 3.37. The van der Waals surface area contributed by atoms with Gasteiger partial charge in [0.05, 0.1) is 7.11 Å². The van der Waals surface area contributed by atoms with Crippen molar-refractivity contribution in [3.8, 4) is 0 Å². The molecule has 0 heterocycles. The summed E-state index contributed by atoms with van der Waals surface area (Å²) in [6, 6.07) is 0. The number of hydrogen-bond donors (Lipinski definition) is 0. The molecule has 0 radical (unpaired) electrons. The lowest BCUT2D eigenvalue weighted by atomic mass is 9.87. The maximum absolute atomic E-state index is 14.0. The molecule has 0 aromatic rings. The smallest absolute Gasteiger partial charge is 0.316 e. The molecule has 2 nitrogen and oxygen atoms in total. The van der Waals surface area contributed by atoms with E-state index in [-0.39, 0.29) is 0 Å². The first-order chi connectivity index (χ1) is 6.51. The number of hydrogen-bond acceptors (Lipinski definition) is 3. The predicted octanol–water partition coefficient (Wildman–Crippen LogP) is 2.32. The van der Waals surface area contributed by atoms with Gasteiger partial charge in [-0.05, 0) is 19.3 Å². The van der Waals surface area contributed by atoms with Gasteiger partial charge >= 0.3 is 5.97 Å². The number of halogens is 1. The number of rotatable bonds is 2. The molecule has 2 atom stereocenters. The van der Waals surface area contributed by atoms with Crippen molar-refractivity contribution in [2.24, 2.45) is 5.92 Å². The second-order valence-corrected chi connectivity index (χ2v) is 4.14. The van der Waals surface area contributed by atoms with Gasteiger partial charge in [0.1, 0.15) is 11.6 Å². The van der Waals surface area contributed by atoms with E-state index in [4.69, 9.17) is 0 Å². The Morgan fingerprint density at radius 1 is 1.71 bits per heavy atom. The number of alkyl halides is 1. The van der Waals surface area contributed by atoms with Crippen molar-refractivity contribution in [3.63, 3.8) is 0 Å². The molecule has 1 aliphatic carbocycles. The van der Waals surface area contributed by atoms with E-state index >= 15 is 0 Å². The predicted molar refractivity (Wildman–Crippen MR) is 55.8 cm³/mol. The first-order valence-electron chi connectivity index (χ1n) is 4.23. The Morgan fingerprint density at radius 3 is 2.79 bits per heavy atom. The number of ether oxygens (including phenoxy) is 1. The second kappa shape index (κ2) is 4.17. The number of allylic oxidation sites excluding steroid dienone is 2. The highest BCUT2D eigenvalue weighted by Gasteiger charge is 2.38. The van der Waals surface area contributed by atoms with Crippen LogP contribution in [0.5, 0.6) is 0 Å². The van der Waals surface area contributed by atoms with Crippen LogP contribution in [0.2, 0.25) is 0 Å². The summed E-state index contributed by atoms with van der Waals surface area (Å²) in [6.07, 6.45) is 6.62. The molecule has 0 N–H and O–H groups in total. The van der Waals surface area contributed by atoms with Crippen LogP contribution in [-0.2, 0) is 9.53 Å². The van der Waals surface area contributed by atoms with E-state index in [2.05, 4.69) is 4.74 Å². The van der Waals surface area contributed by atoms with Gasteiger partial charge < -0.3 is 4.74 Å². The molecule has 0 aromatic carbocycles. The first-order valence-corrected chi connectivity index (χ1v) is 5.45. The molecule has 2 unspecified atom stereocenters. The molecule has 14 heavy (non-hydrogen) atoms. The summed E-state index contributed by atoms with van der Waals surface area (Å²) >= 11 is 1.45. The Morgan fingerprint density at radius 2 is 2.36 bits per heavy atom. The summed E-state index contributed by atoms with van der Waals surface area (Å²) in [4.78, 5) is 12.1. The Hall–Kier alpha value is -0.770. The Labute approximate surface area is 87.2 Å². The van der Waals surface area contributed by atoms with Gasteiger partial charge in [-0.15, -0.1) is 11.8 Å². The largest absolute Gasteiger partial charge is 0.468 e. The van der Waals surface area contributed by atoms with Crippen LogP contribution >= 0.6 is 11.8 Å². The number of esters is 1. The van der Waals surface area contributed by atoms with Crippen LogP contribution in [0.1, 0.15) is 6.92 Å². The molecule has 78 valence electrons. The average Bonchev–Trinajstić information content (AvgIpc) is 2.15. The zero-order valence-electron chi connectivity index (χ0n) is 8.41. The van der Waals surface area contributed by atoms with Gasteiger partial charge in [0.2, 0.25) is 0 Å². The highest BCUT2D eigenvalue weighted by molar-refractivity contribution is 8.02. The lowest BCUT2D eigenvalue weighted by Crippen LogP contribution is -2.35. The van der Waals surface area contributed by atoms with Crippen molar-refractivity contribution < 1.29 is 13.9 Å². The van der Waals surface area contributed by atoms with Gasteiger partial charge in [-0.3, -0.25) is 4.79 Å². The average molecular weight is 216 g/mol. The monoisotopic (exact) mass is 216 g/mol. The molecule has 0 aliphatic heterocycles. The van der Waals surface area contributed by atoms with Crippen molar-refractivity contribution in [2.45, 2.75) is 12.6 Å². The van der Waals surface area contributed by atoms with Gasteiger partial charge in [-0.1, -0.05) is 12.2 Å². The topological polar surface area (TPSA) is 26.3 Å². The van der Waals surface area contributed by atoms with Crippen molar-refractivity contribution in [2.75, 3.05) is 13.4 Å². The number of methoxy groups -OCH3 is 1. The molecular weight excluding hydrogens is 203 g/mol. The Balaban J connectivity index is 2.91. The van der Waals surface area contributed by atoms with E-state index in [0.717, 1.165) is 4.91 Å². The summed E-state index contributed by atoms with van der Waals surface area (Å²) in [5.74, 6) is -1.37. The first kappa shape index (κ1) is 11.3. The summed E-state index contributed by atoms with van der Waals surface area (Å²) in [6.45, 7) is 1.38. The van der Waals surface area contributed by atoms with E-state index in [1.165, 1.54) is 31.9 Å². The van der Waals surface area contributed by atoms with E-state index in [9.17, 15) is 9.18 Å². The highest BCUT2D eigenvalue weighted by atomic mass is 32.2. The molecule has 0 saturated carbocycles. The SMILES string of the molecule is COC(=O)C1C=CC(SC)=CC1(C)F. The Bertz CT molecular complexity index is 294. The summed E-state index contributed by atoms with van der Waals surface area (Å²) in [7, 11) is 1.26. The van der Waals surface area contributed by atoms with Crippen molar-refractivity contribution in [1.29, 1.82) is 0 Å². The maximum atomic E-state index is 14.0. The van der Waals surface area contributed by atoms with E-state index in [0.29, 0.717) is 0 Å². The molecular formula is C10H13FO2S. The van der Waals surface area contributed by atoms with E-state index < -0.39 is 17.6 Å². The zero-order valence-corrected chi connectivity index (χ0v) is 9.23. The van der Waals surface area contributed by atoms with Gasteiger partial charge in [0.25, 0.3) is 0 Å². The molecule has 0 bridgehead atoms. The molecule has 0 fully saturated rings. The normalized spacial score (nSPS) is 31.1. The fraction of sp³-hybridized carbons (Fsp3) is 0.500. The number of carbonyl (C=O) groups excluding carboxylic acids is 1. The minimum atomic E-state index is -1.65. The van der Waals surface area contributed by atoms with Crippen molar-refractivity contribution >= 4 is 17.7 Å². The molecule has 0 spiro atoms. The number of carbonyl (C=O) groups is 1.